The van der Waals surface area contributed by atoms with Gasteiger partial charge in [-0.3, -0.25) is 19.6 Å². The number of aryl methyl sites for hydroxylation is 1. The predicted molar refractivity (Wildman–Crippen MR) is 117 cm³/mol. The van der Waals surface area contributed by atoms with Crippen molar-refractivity contribution in [2.24, 2.45) is 0 Å². The molecule has 1 atom stereocenters. The average molecular weight is 427 g/mol. The van der Waals surface area contributed by atoms with E-state index in [0.29, 0.717) is 23.4 Å². The van der Waals surface area contributed by atoms with Gasteiger partial charge in [0.15, 0.2) is 0 Å². The number of hydrogen-bond acceptors (Lipinski definition) is 6. The molecule has 2 aliphatic heterocycles. The van der Waals surface area contributed by atoms with Crippen LogP contribution in [0.25, 0.3) is 5.76 Å². The number of carbonyl (C=O) groups is 2. The van der Waals surface area contributed by atoms with E-state index in [9.17, 15) is 14.7 Å². The van der Waals surface area contributed by atoms with Gasteiger partial charge in [-0.15, -0.1) is 0 Å². The van der Waals surface area contributed by atoms with Gasteiger partial charge in [0.25, 0.3) is 11.7 Å². The van der Waals surface area contributed by atoms with Crippen molar-refractivity contribution >= 4 is 17.4 Å². The van der Waals surface area contributed by atoms with Gasteiger partial charge in [0.1, 0.15) is 11.5 Å². The molecular formula is C25H21N3O4. The highest BCUT2D eigenvalue weighted by Crippen LogP contribution is 2.40. The second kappa shape index (κ2) is 8.26. The SMILES string of the molecule is O=C1C(=O)N(Cc2ccccn2)C(c2ccncc2)/C1=C(/O)c1ccc2c(c1)CCCO2. The van der Waals surface area contributed by atoms with E-state index in [0.717, 1.165) is 24.2 Å². The van der Waals surface area contributed by atoms with Gasteiger partial charge in [-0.1, -0.05) is 6.07 Å². The smallest absolute Gasteiger partial charge is 0.296 e. The topological polar surface area (TPSA) is 92.6 Å². The molecule has 0 bridgehead atoms. The molecule has 1 saturated heterocycles. The summed E-state index contributed by atoms with van der Waals surface area (Å²) in [5, 5.41) is 11.2. The summed E-state index contributed by atoms with van der Waals surface area (Å²) in [6.07, 6.45) is 6.57. The van der Waals surface area contributed by atoms with Gasteiger partial charge in [0.2, 0.25) is 0 Å². The maximum Gasteiger partial charge on any atom is 0.296 e. The summed E-state index contributed by atoms with van der Waals surface area (Å²) < 4.78 is 5.65. The first-order valence-corrected chi connectivity index (χ1v) is 10.5. The van der Waals surface area contributed by atoms with Crippen LogP contribution in [0.3, 0.4) is 0 Å². The third-order valence-corrected chi connectivity index (χ3v) is 5.80. The van der Waals surface area contributed by atoms with Gasteiger partial charge in [-0.05, 0) is 66.4 Å². The van der Waals surface area contributed by atoms with Gasteiger partial charge in [0.05, 0.1) is 30.5 Å². The van der Waals surface area contributed by atoms with E-state index in [-0.39, 0.29) is 17.9 Å². The Morgan fingerprint density at radius 2 is 1.94 bits per heavy atom. The highest BCUT2D eigenvalue weighted by molar-refractivity contribution is 6.46. The number of benzene rings is 1. The maximum atomic E-state index is 13.1. The van der Waals surface area contributed by atoms with Crippen LogP contribution in [0.5, 0.6) is 5.75 Å². The molecule has 1 unspecified atom stereocenters. The summed E-state index contributed by atoms with van der Waals surface area (Å²) in [6.45, 7) is 0.812. The van der Waals surface area contributed by atoms with E-state index in [2.05, 4.69) is 9.97 Å². The number of likely N-dealkylation sites (tertiary alicyclic amines) is 1. The van der Waals surface area contributed by atoms with E-state index in [1.54, 1.807) is 55.0 Å². The van der Waals surface area contributed by atoms with Crippen molar-refractivity contribution in [2.45, 2.75) is 25.4 Å². The van der Waals surface area contributed by atoms with Crippen LogP contribution in [-0.4, -0.2) is 38.3 Å². The minimum absolute atomic E-state index is 0.0637. The molecule has 1 amide bonds. The van der Waals surface area contributed by atoms with Crippen molar-refractivity contribution in [3.05, 3.63) is 95.1 Å². The van der Waals surface area contributed by atoms with E-state index in [1.807, 2.05) is 12.1 Å². The fraction of sp³-hybridized carbons (Fsp3) is 0.200. The van der Waals surface area contributed by atoms with Gasteiger partial charge in [-0.2, -0.15) is 0 Å². The molecule has 0 saturated carbocycles. The molecule has 0 aliphatic carbocycles. The summed E-state index contributed by atoms with van der Waals surface area (Å²) in [6, 6.07) is 13.5. The Morgan fingerprint density at radius 3 is 2.72 bits per heavy atom. The van der Waals surface area contributed by atoms with Crippen molar-refractivity contribution in [1.29, 1.82) is 0 Å². The predicted octanol–water partition coefficient (Wildman–Crippen LogP) is 3.42. The molecule has 4 heterocycles. The highest BCUT2D eigenvalue weighted by atomic mass is 16.5. The summed E-state index contributed by atoms with van der Waals surface area (Å²) in [7, 11) is 0. The summed E-state index contributed by atoms with van der Waals surface area (Å²) in [5.74, 6) is -0.786. The fourth-order valence-corrected chi connectivity index (χ4v) is 4.26. The molecule has 1 N–H and O–H groups in total. The minimum atomic E-state index is -0.743. The Kier molecular flexibility index (Phi) is 5.15. The number of aliphatic hydroxyl groups excluding tert-OH is 1. The summed E-state index contributed by atoms with van der Waals surface area (Å²) in [5.41, 5.74) is 2.87. The molecule has 2 aromatic heterocycles. The van der Waals surface area contributed by atoms with Crippen LogP contribution in [0.2, 0.25) is 0 Å². The van der Waals surface area contributed by atoms with Crippen molar-refractivity contribution in [3.63, 3.8) is 0 Å². The third kappa shape index (κ3) is 3.51. The monoisotopic (exact) mass is 427 g/mol. The Labute approximate surface area is 185 Å². The van der Waals surface area contributed by atoms with Crippen molar-refractivity contribution in [2.75, 3.05) is 6.61 Å². The number of amides is 1. The Bertz CT molecular complexity index is 1210. The molecule has 1 aromatic carbocycles. The van der Waals surface area contributed by atoms with Crippen LogP contribution in [0.1, 0.15) is 34.8 Å². The van der Waals surface area contributed by atoms with Crippen LogP contribution in [0.4, 0.5) is 0 Å². The quantitative estimate of drug-likeness (QED) is 0.390. The number of pyridine rings is 2. The highest BCUT2D eigenvalue weighted by Gasteiger charge is 2.46. The lowest BCUT2D eigenvalue weighted by molar-refractivity contribution is -0.140. The van der Waals surface area contributed by atoms with Crippen molar-refractivity contribution < 1.29 is 19.4 Å². The van der Waals surface area contributed by atoms with Gasteiger partial charge < -0.3 is 14.7 Å². The molecule has 2 aliphatic rings. The van der Waals surface area contributed by atoms with E-state index in [1.165, 1.54) is 4.90 Å². The first-order valence-electron chi connectivity index (χ1n) is 10.5. The lowest BCUT2D eigenvalue weighted by Crippen LogP contribution is -2.29. The molecule has 5 rings (SSSR count). The van der Waals surface area contributed by atoms with Crippen LogP contribution in [-0.2, 0) is 22.6 Å². The second-order valence-corrected chi connectivity index (χ2v) is 7.80. The van der Waals surface area contributed by atoms with Crippen molar-refractivity contribution in [3.8, 4) is 5.75 Å². The number of nitrogens with zero attached hydrogens (tertiary/aromatic N) is 3. The normalized spacial score (nSPS) is 19.5. The van der Waals surface area contributed by atoms with E-state index in [4.69, 9.17) is 4.74 Å². The Balaban J connectivity index is 1.62. The zero-order valence-electron chi connectivity index (χ0n) is 17.3. The molecule has 7 heteroatoms. The van der Waals surface area contributed by atoms with Crippen LogP contribution in [0.15, 0.2) is 72.7 Å². The molecule has 32 heavy (non-hydrogen) atoms. The summed E-state index contributed by atoms with van der Waals surface area (Å²) >= 11 is 0. The fourth-order valence-electron chi connectivity index (χ4n) is 4.26. The van der Waals surface area contributed by atoms with Crippen molar-refractivity contribution in [1.82, 2.24) is 14.9 Å². The molecule has 0 radical (unpaired) electrons. The van der Waals surface area contributed by atoms with Gasteiger partial charge >= 0.3 is 0 Å². The van der Waals surface area contributed by atoms with Crippen LogP contribution >= 0.6 is 0 Å². The minimum Gasteiger partial charge on any atom is -0.507 e. The van der Waals surface area contributed by atoms with E-state index < -0.39 is 17.7 Å². The molecule has 1 fully saturated rings. The average Bonchev–Trinajstić information content (AvgIpc) is 3.09. The number of aromatic nitrogens is 2. The Hall–Kier alpha value is -4.00. The number of carbonyl (C=O) groups excluding carboxylic acids is 2. The second-order valence-electron chi connectivity index (χ2n) is 7.80. The molecule has 0 spiro atoms. The molecule has 7 nitrogen and oxygen atoms in total. The lowest BCUT2D eigenvalue weighted by atomic mass is 9.94. The standard InChI is InChI=1S/C25H21N3O4/c29-23(18-6-7-20-17(14-18)4-3-13-32-20)21-22(16-8-11-26-12-9-16)28(25(31)24(21)30)15-19-5-1-2-10-27-19/h1-2,5-12,14,22,29H,3-4,13,15H2/b23-21-. The van der Waals surface area contributed by atoms with Gasteiger partial charge in [-0.25, -0.2) is 0 Å². The molecular weight excluding hydrogens is 406 g/mol. The van der Waals surface area contributed by atoms with Gasteiger partial charge in [0, 0.05) is 24.2 Å². The Morgan fingerprint density at radius 1 is 1.09 bits per heavy atom. The van der Waals surface area contributed by atoms with Crippen LogP contribution < -0.4 is 4.74 Å². The first-order chi connectivity index (χ1) is 15.6. The van der Waals surface area contributed by atoms with Crippen LogP contribution in [0, 0.1) is 0 Å². The first kappa shape index (κ1) is 19.9. The number of Topliss-reactive ketones (excluding diaryl/α,β-unsaturated/α-hetero) is 1. The molecule has 160 valence electrons. The number of hydrogen-bond donors (Lipinski definition) is 1. The number of rotatable bonds is 4. The lowest BCUT2D eigenvalue weighted by Gasteiger charge is -2.25. The number of ketones is 1. The number of fused-ring (bicyclic) bond motifs is 1. The maximum absolute atomic E-state index is 13.1. The number of ether oxygens (including phenoxy) is 1. The molecule has 3 aromatic rings. The number of aliphatic hydroxyl groups is 1. The summed E-state index contributed by atoms with van der Waals surface area (Å²) in [4.78, 5) is 36.0. The van der Waals surface area contributed by atoms with E-state index >= 15 is 0 Å². The zero-order chi connectivity index (χ0) is 22.1. The zero-order valence-corrected chi connectivity index (χ0v) is 17.3. The third-order valence-electron chi connectivity index (χ3n) is 5.80. The largest absolute Gasteiger partial charge is 0.507 e.